The average Bonchev–Trinajstić information content (AvgIpc) is 2.53. The Bertz CT molecular complexity index is 650. The van der Waals surface area contributed by atoms with E-state index in [-0.39, 0.29) is 17.7 Å². The number of ether oxygens (including phenoxy) is 2. The van der Waals surface area contributed by atoms with E-state index < -0.39 is 11.9 Å². The van der Waals surface area contributed by atoms with E-state index in [0.717, 1.165) is 5.56 Å². The van der Waals surface area contributed by atoms with Gasteiger partial charge in [-0.15, -0.1) is 0 Å². The van der Waals surface area contributed by atoms with Crippen molar-refractivity contribution in [3.05, 3.63) is 70.2 Å². The predicted octanol–water partition coefficient (Wildman–Crippen LogP) is 3.48. The summed E-state index contributed by atoms with van der Waals surface area (Å²) in [5.74, 6) is -1.15. The van der Waals surface area contributed by atoms with E-state index in [0.29, 0.717) is 5.02 Å². The smallest absolute Gasteiger partial charge is 0.339 e. The standard InChI is InChI=1S/C16H13ClO4/c1-20-15(18)13-4-2-3-5-14(13)16(19)21-10-11-6-8-12(17)9-7-11/h2-9H,10H2,1H3. The van der Waals surface area contributed by atoms with E-state index in [2.05, 4.69) is 4.74 Å². The maximum atomic E-state index is 12.1. The van der Waals surface area contributed by atoms with Crippen molar-refractivity contribution in [2.75, 3.05) is 7.11 Å². The van der Waals surface area contributed by atoms with Crippen LogP contribution >= 0.6 is 11.6 Å². The highest BCUT2D eigenvalue weighted by molar-refractivity contribution is 6.30. The summed E-state index contributed by atoms with van der Waals surface area (Å²) in [6.07, 6.45) is 0. The summed E-state index contributed by atoms with van der Waals surface area (Å²) in [5.41, 5.74) is 1.17. The van der Waals surface area contributed by atoms with Gasteiger partial charge in [0.15, 0.2) is 0 Å². The molecule has 0 aliphatic carbocycles. The van der Waals surface area contributed by atoms with Crippen molar-refractivity contribution in [3.63, 3.8) is 0 Å². The molecule has 5 heteroatoms. The van der Waals surface area contributed by atoms with Crippen molar-refractivity contribution in [1.29, 1.82) is 0 Å². The summed E-state index contributed by atoms with van der Waals surface area (Å²) in [4.78, 5) is 23.7. The summed E-state index contributed by atoms with van der Waals surface area (Å²) in [6, 6.07) is 13.3. The van der Waals surface area contributed by atoms with Gasteiger partial charge in [-0.05, 0) is 29.8 Å². The average molecular weight is 305 g/mol. The molecule has 0 aliphatic heterocycles. The van der Waals surface area contributed by atoms with Gasteiger partial charge < -0.3 is 9.47 Å². The fraction of sp³-hybridized carbons (Fsp3) is 0.125. The van der Waals surface area contributed by atoms with E-state index in [1.165, 1.54) is 19.2 Å². The molecule has 0 radical (unpaired) electrons. The lowest BCUT2D eigenvalue weighted by Gasteiger charge is -2.08. The highest BCUT2D eigenvalue weighted by atomic mass is 35.5. The van der Waals surface area contributed by atoms with Crippen molar-refractivity contribution in [2.45, 2.75) is 6.61 Å². The molecule has 0 atom stereocenters. The lowest BCUT2D eigenvalue weighted by atomic mass is 10.1. The SMILES string of the molecule is COC(=O)c1ccccc1C(=O)OCc1ccc(Cl)cc1. The molecule has 0 amide bonds. The molecule has 108 valence electrons. The molecule has 0 unspecified atom stereocenters. The number of halogens is 1. The zero-order valence-corrected chi connectivity index (χ0v) is 12.1. The molecule has 0 aliphatic rings. The van der Waals surface area contributed by atoms with Crippen LogP contribution in [-0.2, 0) is 16.1 Å². The van der Waals surface area contributed by atoms with Gasteiger partial charge in [0.2, 0.25) is 0 Å². The van der Waals surface area contributed by atoms with Crippen molar-refractivity contribution in [3.8, 4) is 0 Å². The molecular weight excluding hydrogens is 292 g/mol. The first-order valence-corrected chi connectivity index (χ1v) is 6.58. The lowest BCUT2D eigenvalue weighted by molar-refractivity contribution is 0.0457. The Hall–Kier alpha value is -2.33. The summed E-state index contributed by atoms with van der Waals surface area (Å²) in [6.45, 7) is 0.103. The Morgan fingerprint density at radius 2 is 1.52 bits per heavy atom. The third-order valence-corrected chi connectivity index (χ3v) is 3.09. The van der Waals surface area contributed by atoms with Crippen LogP contribution in [0.1, 0.15) is 26.3 Å². The van der Waals surface area contributed by atoms with Gasteiger partial charge in [0.1, 0.15) is 6.61 Å². The Balaban J connectivity index is 2.10. The highest BCUT2D eigenvalue weighted by Crippen LogP contribution is 2.14. The highest BCUT2D eigenvalue weighted by Gasteiger charge is 2.18. The molecule has 0 heterocycles. The monoisotopic (exact) mass is 304 g/mol. The van der Waals surface area contributed by atoms with E-state index in [4.69, 9.17) is 16.3 Å². The maximum absolute atomic E-state index is 12.1. The molecule has 0 saturated heterocycles. The Morgan fingerprint density at radius 1 is 0.952 bits per heavy atom. The Kier molecular flexibility index (Phi) is 4.95. The van der Waals surface area contributed by atoms with Crippen molar-refractivity contribution >= 4 is 23.5 Å². The summed E-state index contributed by atoms with van der Waals surface area (Å²) >= 11 is 5.78. The number of benzene rings is 2. The van der Waals surface area contributed by atoms with Gasteiger partial charge in [-0.3, -0.25) is 0 Å². The molecule has 2 aromatic rings. The number of hydrogen-bond donors (Lipinski definition) is 0. The predicted molar refractivity (Wildman–Crippen MR) is 78.4 cm³/mol. The molecule has 2 aromatic carbocycles. The molecule has 21 heavy (non-hydrogen) atoms. The molecule has 0 aromatic heterocycles. The zero-order valence-electron chi connectivity index (χ0n) is 11.3. The normalized spacial score (nSPS) is 10.0. The first-order valence-electron chi connectivity index (χ1n) is 6.20. The maximum Gasteiger partial charge on any atom is 0.339 e. The topological polar surface area (TPSA) is 52.6 Å². The molecule has 0 fully saturated rings. The number of esters is 2. The van der Waals surface area contributed by atoms with Gasteiger partial charge in [0.25, 0.3) is 0 Å². The van der Waals surface area contributed by atoms with Crippen LogP contribution < -0.4 is 0 Å². The van der Waals surface area contributed by atoms with Crippen LogP contribution in [0.5, 0.6) is 0 Å². The van der Waals surface area contributed by atoms with Gasteiger partial charge in [-0.1, -0.05) is 35.9 Å². The number of rotatable bonds is 4. The number of hydrogen-bond acceptors (Lipinski definition) is 4. The van der Waals surface area contributed by atoms with E-state index in [1.54, 1.807) is 36.4 Å². The minimum Gasteiger partial charge on any atom is -0.465 e. The number of carbonyl (C=O) groups excluding carboxylic acids is 2. The van der Waals surface area contributed by atoms with Gasteiger partial charge in [-0.2, -0.15) is 0 Å². The second-order valence-electron chi connectivity index (χ2n) is 4.24. The molecule has 0 bridgehead atoms. The van der Waals surface area contributed by atoms with Gasteiger partial charge in [-0.25, -0.2) is 9.59 Å². The van der Waals surface area contributed by atoms with Crippen molar-refractivity contribution in [2.24, 2.45) is 0 Å². The van der Waals surface area contributed by atoms with Gasteiger partial charge in [0, 0.05) is 5.02 Å². The lowest BCUT2D eigenvalue weighted by Crippen LogP contribution is -2.12. The molecule has 0 saturated carbocycles. The molecule has 0 spiro atoms. The van der Waals surface area contributed by atoms with Crippen LogP contribution in [0.15, 0.2) is 48.5 Å². The molecule has 4 nitrogen and oxygen atoms in total. The Morgan fingerprint density at radius 3 is 2.10 bits per heavy atom. The fourth-order valence-electron chi connectivity index (χ4n) is 1.76. The van der Waals surface area contributed by atoms with Crippen molar-refractivity contribution < 1.29 is 19.1 Å². The van der Waals surface area contributed by atoms with Crippen molar-refractivity contribution in [1.82, 2.24) is 0 Å². The molecular formula is C16H13ClO4. The van der Waals surface area contributed by atoms with Gasteiger partial charge >= 0.3 is 11.9 Å². The second-order valence-corrected chi connectivity index (χ2v) is 4.68. The number of methoxy groups -OCH3 is 1. The van der Waals surface area contributed by atoms with E-state index in [1.807, 2.05) is 0 Å². The molecule has 0 N–H and O–H groups in total. The zero-order chi connectivity index (χ0) is 15.2. The van der Waals surface area contributed by atoms with Crippen LogP contribution in [0.2, 0.25) is 5.02 Å². The third kappa shape index (κ3) is 3.83. The summed E-state index contributed by atoms with van der Waals surface area (Å²) < 4.78 is 9.84. The van der Waals surface area contributed by atoms with Crippen LogP contribution in [-0.4, -0.2) is 19.0 Å². The minimum absolute atomic E-state index is 0.103. The van der Waals surface area contributed by atoms with Gasteiger partial charge in [0.05, 0.1) is 18.2 Å². The quantitative estimate of drug-likeness (QED) is 0.811. The van der Waals surface area contributed by atoms with Crippen LogP contribution in [0.4, 0.5) is 0 Å². The minimum atomic E-state index is -0.578. The molecule has 2 rings (SSSR count). The first-order chi connectivity index (χ1) is 10.1. The van der Waals surface area contributed by atoms with Crippen LogP contribution in [0.3, 0.4) is 0 Å². The van der Waals surface area contributed by atoms with Crippen LogP contribution in [0, 0.1) is 0 Å². The fourth-order valence-corrected chi connectivity index (χ4v) is 1.88. The summed E-state index contributed by atoms with van der Waals surface area (Å²) in [7, 11) is 1.26. The van der Waals surface area contributed by atoms with E-state index in [9.17, 15) is 9.59 Å². The first kappa shape index (κ1) is 15.1. The van der Waals surface area contributed by atoms with Crippen LogP contribution in [0.25, 0.3) is 0 Å². The second kappa shape index (κ2) is 6.90. The largest absolute Gasteiger partial charge is 0.465 e. The van der Waals surface area contributed by atoms with E-state index >= 15 is 0 Å². The number of carbonyl (C=O) groups is 2. The third-order valence-electron chi connectivity index (χ3n) is 2.84. The Labute approximate surface area is 127 Å². The summed E-state index contributed by atoms with van der Waals surface area (Å²) in [5, 5.41) is 0.612.